The zero-order valence-electron chi connectivity index (χ0n) is 10.2. The normalized spacial score (nSPS) is 26.4. The monoisotopic (exact) mass is 272 g/mol. The first-order valence-electron chi connectivity index (χ1n) is 5.69. The fourth-order valence-electron chi connectivity index (χ4n) is 1.86. The highest BCUT2D eigenvalue weighted by molar-refractivity contribution is 5.68. The number of carbonyl (C=O) groups is 1. The van der Waals surface area contributed by atoms with Gasteiger partial charge < -0.3 is 14.6 Å². The predicted octanol–water partition coefficient (Wildman–Crippen LogP) is -0.214. The Balaban J connectivity index is 2.22. The van der Waals surface area contributed by atoms with Crippen LogP contribution in [0.4, 0.5) is 4.39 Å². The Bertz CT molecular complexity index is 532. The average Bonchev–Trinajstić information content (AvgIpc) is 2.70. The van der Waals surface area contributed by atoms with Crippen molar-refractivity contribution in [3.05, 3.63) is 22.7 Å². The Hall–Kier alpha value is -1.80. The number of aliphatic hydroxyl groups excluding tert-OH is 1. The summed E-state index contributed by atoms with van der Waals surface area (Å²) in [5.74, 6) is -0.758. The third-order valence-electron chi connectivity index (χ3n) is 2.66. The van der Waals surface area contributed by atoms with Crippen LogP contribution >= 0.6 is 0 Å². The van der Waals surface area contributed by atoms with E-state index in [0.29, 0.717) is 0 Å². The van der Waals surface area contributed by atoms with Crippen LogP contribution in [0.3, 0.4) is 0 Å². The van der Waals surface area contributed by atoms with Crippen LogP contribution in [0.25, 0.3) is 0 Å². The molecule has 3 atom stereocenters. The summed E-state index contributed by atoms with van der Waals surface area (Å²) in [5, 5.41) is 8.91. The first kappa shape index (κ1) is 13.6. The maximum absolute atomic E-state index is 13.7. The molecule has 1 fully saturated rings. The van der Waals surface area contributed by atoms with Crippen LogP contribution in [0, 0.1) is 0 Å². The van der Waals surface area contributed by atoms with Crippen molar-refractivity contribution in [2.45, 2.75) is 31.8 Å². The Morgan fingerprint density at radius 3 is 3.00 bits per heavy atom. The van der Waals surface area contributed by atoms with Gasteiger partial charge in [-0.15, -0.1) is 0 Å². The van der Waals surface area contributed by atoms with Gasteiger partial charge in [0.1, 0.15) is 6.17 Å². The molecule has 7 nitrogen and oxygen atoms in total. The highest BCUT2D eigenvalue weighted by Gasteiger charge is 2.36. The zero-order valence-corrected chi connectivity index (χ0v) is 10.2. The van der Waals surface area contributed by atoms with E-state index in [0.717, 1.165) is 4.57 Å². The van der Waals surface area contributed by atoms with Crippen molar-refractivity contribution in [1.82, 2.24) is 9.55 Å². The molecule has 1 aromatic rings. The van der Waals surface area contributed by atoms with E-state index in [2.05, 4.69) is 9.72 Å². The lowest BCUT2D eigenvalue weighted by atomic mass is 10.2. The van der Waals surface area contributed by atoms with Crippen LogP contribution in [0.15, 0.2) is 17.1 Å². The number of carbonyl (C=O) groups excluding carboxylic acids is 1. The molecule has 0 aromatic carbocycles. The molecule has 0 bridgehead atoms. The second kappa shape index (κ2) is 5.45. The number of hydrogen-bond acceptors (Lipinski definition) is 6. The Kier molecular flexibility index (Phi) is 3.91. The summed E-state index contributed by atoms with van der Waals surface area (Å²) in [5.41, 5.74) is -0.787. The van der Waals surface area contributed by atoms with Crippen LogP contribution in [-0.2, 0) is 9.53 Å². The molecule has 1 N–H and O–H groups in total. The van der Waals surface area contributed by atoms with Gasteiger partial charge in [0.15, 0.2) is 6.23 Å². The number of halogens is 1. The van der Waals surface area contributed by atoms with Crippen LogP contribution < -0.4 is 10.4 Å². The van der Waals surface area contributed by atoms with Gasteiger partial charge in [-0.05, 0) is 0 Å². The van der Waals surface area contributed by atoms with Crippen molar-refractivity contribution < 1.29 is 23.8 Å². The van der Waals surface area contributed by atoms with Crippen molar-refractivity contribution >= 4 is 5.97 Å². The van der Waals surface area contributed by atoms with E-state index in [-0.39, 0.29) is 18.9 Å². The lowest BCUT2D eigenvalue weighted by Gasteiger charge is -2.15. The fourth-order valence-corrected chi connectivity index (χ4v) is 1.86. The number of alkyl halides is 1. The maximum atomic E-state index is 13.7. The maximum Gasteiger partial charge on any atom is 0.353 e. The van der Waals surface area contributed by atoms with E-state index >= 15 is 0 Å². The number of nitrogens with zero attached hydrogens (tertiary/aromatic N) is 2. The van der Waals surface area contributed by atoms with Gasteiger partial charge in [-0.1, -0.05) is 0 Å². The van der Waals surface area contributed by atoms with Crippen molar-refractivity contribution in [2.75, 3.05) is 6.61 Å². The predicted molar refractivity (Wildman–Crippen MR) is 60.3 cm³/mol. The molecule has 19 heavy (non-hydrogen) atoms. The minimum absolute atomic E-state index is 0.0132. The van der Waals surface area contributed by atoms with E-state index in [1.165, 1.54) is 19.2 Å². The molecule has 0 spiro atoms. The number of ether oxygens (including phenoxy) is 2. The molecule has 2 rings (SSSR count). The molecule has 0 amide bonds. The molecule has 104 valence electrons. The average molecular weight is 272 g/mol. The lowest BCUT2D eigenvalue weighted by Crippen LogP contribution is -2.30. The number of aromatic nitrogens is 2. The Labute approximate surface area is 107 Å². The van der Waals surface area contributed by atoms with Crippen LogP contribution in [0.5, 0.6) is 5.88 Å². The Morgan fingerprint density at radius 2 is 2.47 bits per heavy atom. The van der Waals surface area contributed by atoms with Crippen LogP contribution in [0.2, 0.25) is 0 Å². The van der Waals surface area contributed by atoms with Gasteiger partial charge >= 0.3 is 11.7 Å². The molecular weight excluding hydrogens is 259 g/mol. The summed E-state index contributed by atoms with van der Waals surface area (Å²) in [7, 11) is 0. The summed E-state index contributed by atoms with van der Waals surface area (Å²) in [6, 6.07) is 1.27. The molecule has 1 aliphatic heterocycles. The van der Waals surface area contributed by atoms with E-state index in [9.17, 15) is 14.0 Å². The van der Waals surface area contributed by atoms with Gasteiger partial charge in [0, 0.05) is 25.6 Å². The first-order chi connectivity index (χ1) is 9.01. The summed E-state index contributed by atoms with van der Waals surface area (Å²) < 4.78 is 24.5. The zero-order chi connectivity index (χ0) is 14.0. The van der Waals surface area contributed by atoms with Crippen molar-refractivity contribution in [1.29, 1.82) is 0 Å². The van der Waals surface area contributed by atoms with Gasteiger partial charge in [-0.2, -0.15) is 4.98 Å². The molecule has 0 radical (unpaired) electrons. The summed E-state index contributed by atoms with van der Waals surface area (Å²) in [4.78, 5) is 25.9. The topological polar surface area (TPSA) is 90.6 Å². The number of aliphatic hydroxyl groups is 1. The van der Waals surface area contributed by atoms with Gasteiger partial charge in [-0.25, -0.2) is 9.18 Å². The molecular formula is C11H13FN2O5. The molecule has 8 heteroatoms. The van der Waals surface area contributed by atoms with Crippen LogP contribution in [-0.4, -0.2) is 39.5 Å². The van der Waals surface area contributed by atoms with Crippen molar-refractivity contribution in [2.24, 2.45) is 0 Å². The van der Waals surface area contributed by atoms with Crippen molar-refractivity contribution in [3.8, 4) is 5.88 Å². The summed E-state index contributed by atoms with van der Waals surface area (Å²) >= 11 is 0. The minimum Gasteiger partial charge on any atom is -0.407 e. The highest BCUT2D eigenvalue weighted by atomic mass is 19.1. The largest absolute Gasteiger partial charge is 0.407 e. The van der Waals surface area contributed by atoms with Gasteiger partial charge in [0.25, 0.3) is 0 Å². The SMILES string of the molecule is CC(=O)Oc1ccn([C@@H]2O[C@H](CO)C[C@@H]2F)c(=O)n1. The highest BCUT2D eigenvalue weighted by Crippen LogP contribution is 2.30. The standard InChI is InChI=1S/C11H13FN2O5/c1-6(16)18-9-2-3-14(11(17)13-9)10-8(12)4-7(5-15)19-10/h2-3,7-8,10,15H,4-5H2,1H3/t7-,8-,10+/m0/s1. The number of rotatable bonds is 3. The summed E-state index contributed by atoms with van der Waals surface area (Å²) in [6.07, 6.45) is -1.91. The minimum atomic E-state index is -1.41. The third kappa shape index (κ3) is 2.96. The second-order valence-electron chi connectivity index (χ2n) is 4.13. The molecule has 0 saturated carbocycles. The van der Waals surface area contributed by atoms with E-state index in [1.54, 1.807) is 0 Å². The molecule has 1 saturated heterocycles. The van der Waals surface area contributed by atoms with Crippen LogP contribution in [0.1, 0.15) is 19.6 Å². The molecule has 1 aromatic heterocycles. The van der Waals surface area contributed by atoms with Crippen molar-refractivity contribution in [3.63, 3.8) is 0 Å². The van der Waals surface area contributed by atoms with Gasteiger partial charge in [0.2, 0.25) is 5.88 Å². The molecule has 0 unspecified atom stereocenters. The van der Waals surface area contributed by atoms with E-state index < -0.39 is 30.2 Å². The number of esters is 1. The molecule has 2 heterocycles. The lowest BCUT2D eigenvalue weighted by molar-refractivity contribution is -0.132. The Morgan fingerprint density at radius 1 is 1.74 bits per heavy atom. The fraction of sp³-hybridized carbons (Fsp3) is 0.545. The summed E-state index contributed by atoms with van der Waals surface area (Å²) in [6.45, 7) is 0.862. The molecule has 0 aliphatic carbocycles. The van der Waals surface area contributed by atoms with E-state index in [4.69, 9.17) is 9.84 Å². The smallest absolute Gasteiger partial charge is 0.353 e. The quantitative estimate of drug-likeness (QED) is 0.765. The second-order valence-corrected chi connectivity index (χ2v) is 4.13. The van der Waals surface area contributed by atoms with Gasteiger partial charge in [0.05, 0.1) is 12.7 Å². The number of hydrogen-bond donors (Lipinski definition) is 1. The third-order valence-corrected chi connectivity index (χ3v) is 2.66. The van der Waals surface area contributed by atoms with E-state index in [1.807, 2.05) is 0 Å². The molecule has 1 aliphatic rings. The van der Waals surface area contributed by atoms with Gasteiger partial charge in [-0.3, -0.25) is 9.36 Å². The first-order valence-corrected chi connectivity index (χ1v) is 5.69.